The predicted octanol–water partition coefficient (Wildman–Crippen LogP) is 3.68. The summed E-state index contributed by atoms with van der Waals surface area (Å²) < 4.78 is 39.3. The number of carbonyl (C=O) groups excluding carboxylic acids is 2. The number of ether oxygens (including phenoxy) is 3. The van der Waals surface area contributed by atoms with Crippen molar-refractivity contribution in [3.05, 3.63) is 59.7 Å². The summed E-state index contributed by atoms with van der Waals surface area (Å²) in [5.41, 5.74) is 0.252. The van der Waals surface area contributed by atoms with Gasteiger partial charge < -0.3 is 14.2 Å². The smallest absolute Gasteiger partial charge is 0.387 e. The Hall–Kier alpha value is -2.96. The van der Waals surface area contributed by atoms with E-state index in [0.29, 0.717) is 0 Å². The summed E-state index contributed by atoms with van der Waals surface area (Å²) >= 11 is 0. The molecule has 0 fully saturated rings. The second-order valence-electron chi connectivity index (χ2n) is 4.52. The van der Waals surface area contributed by atoms with Crippen molar-refractivity contribution in [2.75, 3.05) is 6.61 Å². The van der Waals surface area contributed by atoms with Gasteiger partial charge in [0.25, 0.3) is 0 Å². The highest BCUT2D eigenvalue weighted by Crippen LogP contribution is 2.31. The van der Waals surface area contributed by atoms with Gasteiger partial charge in [-0.2, -0.15) is 8.78 Å². The van der Waals surface area contributed by atoms with Crippen LogP contribution >= 0.6 is 0 Å². The summed E-state index contributed by atoms with van der Waals surface area (Å²) in [5.74, 6) is -2.09. The van der Waals surface area contributed by atoms with Gasteiger partial charge in [0.1, 0.15) is 0 Å². The van der Waals surface area contributed by atoms with Crippen LogP contribution in [-0.2, 0) is 4.74 Å². The normalized spacial score (nSPS) is 10.3. The van der Waals surface area contributed by atoms with Crippen LogP contribution in [0.1, 0.15) is 27.6 Å². The van der Waals surface area contributed by atoms with Crippen LogP contribution in [0.3, 0.4) is 0 Å². The minimum Gasteiger partial charge on any atom is -0.462 e. The fraction of sp³-hybridized carbons (Fsp3) is 0.176. The van der Waals surface area contributed by atoms with Crippen LogP contribution in [0.2, 0.25) is 0 Å². The maximum atomic E-state index is 12.6. The number of alkyl halides is 2. The zero-order valence-corrected chi connectivity index (χ0v) is 12.7. The molecule has 0 amide bonds. The van der Waals surface area contributed by atoms with Crippen molar-refractivity contribution in [1.82, 2.24) is 0 Å². The van der Waals surface area contributed by atoms with Gasteiger partial charge >= 0.3 is 18.6 Å². The standard InChI is InChI=1S/C17H14F2O5/c1-2-22-15(20)12-8-9-13(14(10-12)24-17(18)19)23-16(21)11-6-4-3-5-7-11/h3-10,17H,2H2,1H3. The number of hydrogen-bond acceptors (Lipinski definition) is 5. The Labute approximate surface area is 136 Å². The number of benzene rings is 2. The fourth-order valence-corrected chi connectivity index (χ4v) is 1.85. The van der Waals surface area contributed by atoms with Crippen LogP contribution in [0.5, 0.6) is 11.5 Å². The molecule has 0 N–H and O–H groups in total. The second kappa shape index (κ2) is 8.05. The molecule has 2 aromatic rings. The fourth-order valence-electron chi connectivity index (χ4n) is 1.85. The van der Waals surface area contributed by atoms with Crippen LogP contribution in [-0.4, -0.2) is 25.2 Å². The number of rotatable bonds is 6. The van der Waals surface area contributed by atoms with Crippen molar-refractivity contribution in [1.29, 1.82) is 0 Å². The molecule has 2 rings (SSSR count). The average Bonchev–Trinajstić information content (AvgIpc) is 2.57. The maximum Gasteiger partial charge on any atom is 0.387 e. The minimum absolute atomic E-state index is 0.00649. The van der Waals surface area contributed by atoms with Crippen LogP contribution in [0.4, 0.5) is 8.78 Å². The Kier molecular flexibility index (Phi) is 5.83. The molecule has 0 spiro atoms. The predicted molar refractivity (Wildman–Crippen MR) is 80.4 cm³/mol. The molecule has 7 heteroatoms. The van der Waals surface area contributed by atoms with Crippen LogP contribution in [0.15, 0.2) is 48.5 Å². The van der Waals surface area contributed by atoms with Gasteiger partial charge in [-0.05, 0) is 37.3 Å². The Bertz CT molecular complexity index is 716. The maximum absolute atomic E-state index is 12.6. The Balaban J connectivity index is 2.27. The van der Waals surface area contributed by atoms with Gasteiger partial charge in [-0.3, -0.25) is 0 Å². The first kappa shape index (κ1) is 17.4. The molecule has 0 saturated heterocycles. The molecule has 24 heavy (non-hydrogen) atoms. The van der Waals surface area contributed by atoms with E-state index in [9.17, 15) is 18.4 Å². The van der Waals surface area contributed by atoms with E-state index in [2.05, 4.69) is 4.74 Å². The van der Waals surface area contributed by atoms with E-state index in [1.807, 2.05) is 0 Å². The van der Waals surface area contributed by atoms with Crippen LogP contribution in [0, 0.1) is 0 Å². The molecule has 0 bridgehead atoms. The van der Waals surface area contributed by atoms with Gasteiger partial charge in [-0.15, -0.1) is 0 Å². The van der Waals surface area contributed by atoms with Crippen LogP contribution < -0.4 is 9.47 Å². The topological polar surface area (TPSA) is 61.8 Å². The number of hydrogen-bond donors (Lipinski definition) is 0. The molecule has 0 saturated carbocycles. The molecule has 0 atom stereocenters. The van der Waals surface area contributed by atoms with E-state index in [1.54, 1.807) is 25.1 Å². The van der Waals surface area contributed by atoms with Crippen LogP contribution in [0.25, 0.3) is 0 Å². The van der Waals surface area contributed by atoms with Crippen molar-refractivity contribution >= 4 is 11.9 Å². The number of carbonyl (C=O) groups is 2. The van der Waals surface area contributed by atoms with Crippen molar-refractivity contribution in [3.63, 3.8) is 0 Å². The van der Waals surface area contributed by atoms with Gasteiger partial charge in [0.05, 0.1) is 17.7 Å². The molecule has 0 unspecified atom stereocenters. The van der Waals surface area contributed by atoms with E-state index in [-0.39, 0.29) is 23.5 Å². The average molecular weight is 336 g/mol. The third-order valence-corrected chi connectivity index (χ3v) is 2.88. The lowest BCUT2D eigenvalue weighted by molar-refractivity contribution is -0.0513. The third-order valence-electron chi connectivity index (χ3n) is 2.88. The van der Waals surface area contributed by atoms with Gasteiger partial charge in [0.2, 0.25) is 0 Å². The Morgan fingerprint density at radius 2 is 1.67 bits per heavy atom. The third kappa shape index (κ3) is 4.52. The molecule has 0 aliphatic carbocycles. The lowest BCUT2D eigenvalue weighted by atomic mass is 10.2. The number of esters is 2. The summed E-state index contributed by atoms with van der Waals surface area (Å²) in [7, 11) is 0. The zero-order valence-electron chi connectivity index (χ0n) is 12.7. The Morgan fingerprint density at radius 3 is 2.29 bits per heavy atom. The monoisotopic (exact) mass is 336 g/mol. The van der Waals surface area contributed by atoms with Crippen molar-refractivity contribution < 1.29 is 32.6 Å². The number of halogens is 2. The van der Waals surface area contributed by atoms with Crippen molar-refractivity contribution in [2.45, 2.75) is 13.5 Å². The molecular formula is C17H14F2O5. The molecule has 5 nitrogen and oxygen atoms in total. The quantitative estimate of drug-likeness (QED) is 0.595. The molecular weight excluding hydrogens is 322 g/mol. The van der Waals surface area contributed by atoms with Gasteiger partial charge in [-0.25, -0.2) is 9.59 Å². The molecule has 0 heterocycles. The largest absolute Gasteiger partial charge is 0.462 e. The first-order valence-corrected chi connectivity index (χ1v) is 7.04. The van der Waals surface area contributed by atoms with Gasteiger partial charge in [-0.1, -0.05) is 18.2 Å². The lowest BCUT2D eigenvalue weighted by Crippen LogP contribution is -2.12. The molecule has 0 aromatic heterocycles. The summed E-state index contributed by atoms with van der Waals surface area (Å²) in [5, 5.41) is 0. The van der Waals surface area contributed by atoms with E-state index in [1.165, 1.54) is 24.3 Å². The second-order valence-corrected chi connectivity index (χ2v) is 4.52. The molecule has 2 aromatic carbocycles. The van der Waals surface area contributed by atoms with Crippen molar-refractivity contribution in [3.8, 4) is 11.5 Å². The van der Waals surface area contributed by atoms with E-state index in [0.717, 1.165) is 6.07 Å². The zero-order chi connectivity index (χ0) is 17.5. The van der Waals surface area contributed by atoms with E-state index in [4.69, 9.17) is 9.47 Å². The van der Waals surface area contributed by atoms with E-state index >= 15 is 0 Å². The SMILES string of the molecule is CCOC(=O)c1ccc(OC(=O)c2ccccc2)c(OC(F)F)c1. The highest BCUT2D eigenvalue weighted by atomic mass is 19.3. The van der Waals surface area contributed by atoms with E-state index < -0.39 is 24.3 Å². The summed E-state index contributed by atoms with van der Waals surface area (Å²) in [4.78, 5) is 23.7. The van der Waals surface area contributed by atoms with Crippen molar-refractivity contribution in [2.24, 2.45) is 0 Å². The molecule has 0 aliphatic heterocycles. The first-order chi connectivity index (χ1) is 11.5. The highest BCUT2D eigenvalue weighted by molar-refractivity contribution is 5.92. The molecule has 126 valence electrons. The van der Waals surface area contributed by atoms with Gasteiger partial charge in [0, 0.05) is 0 Å². The summed E-state index contributed by atoms with van der Waals surface area (Å²) in [6, 6.07) is 11.6. The summed E-state index contributed by atoms with van der Waals surface area (Å²) in [6.45, 7) is -1.39. The Morgan fingerprint density at radius 1 is 0.958 bits per heavy atom. The highest BCUT2D eigenvalue weighted by Gasteiger charge is 2.18. The lowest BCUT2D eigenvalue weighted by Gasteiger charge is -2.12. The van der Waals surface area contributed by atoms with Gasteiger partial charge in [0.15, 0.2) is 11.5 Å². The first-order valence-electron chi connectivity index (χ1n) is 7.04. The minimum atomic E-state index is -3.14. The molecule has 0 radical (unpaired) electrons. The summed E-state index contributed by atoms with van der Waals surface area (Å²) in [6.07, 6.45) is 0. The molecule has 0 aliphatic rings.